The Morgan fingerprint density at radius 2 is 2.64 bits per heavy atom. The van der Waals surface area contributed by atoms with E-state index in [0.717, 1.165) is 24.6 Å². The molecule has 0 spiro atoms. The third-order valence-electron chi connectivity index (χ3n) is 2.29. The zero-order valence-electron chi connectivity index (χ0n) is 7.83. The molecule has 0 aromatic carbocycles. The Hall–Kier alpha value is -0.160. The van der Waals surface area contributed by atoms with E-state index in [2.05, 4.69) is 10.3 Å². The van der Waals surface area contributed by atoms with Crippen molar-refractivity contribution in [2.24, 2.45) is 5.92 Å². The molecule has 0 unspecified atom stereocenters. The molecule has 1 atom stereocenters. The summed E-state index contributed by atoms with van der Waals surface area (Å²) in [5, 5.41) is 3.31. The van der Waals surface area contributed by atoms with Gasteiger partial charge in [0.1, 0.15) is 0 Å². The topological polar surface area (TPSA) is 34.1 Å². The van der Waals surface area contributed by atoms with E-state index >= 15 is 0 Å². The zero-order chi connectivity index (χ0) is 9.80. The average Bonchev–Trinajstić information content (AvgIpc) is 2.77. The van der Waals surface area contributed by atoms with Crippen LogP contribution in [0.15, 0.2) is 6.20 Å². The molecule has 1 aliphatic rings. The van der Waals surface area contributed by atoms with Crippen molar-refractivity contribution < 1.29 is 4.74 Å². The summed E-state index contributed by atoms with van der Waals surface area (Å²) in [7, 11) is 0. The summed E-state index contributed by atoms with van der Waals surface area (Å²) in [4.78, 5) is 5.06. The van der Waals surface area contributed by atoms with Gasteiger partial charge in [-0.3, -0.25) is 0 Å². The van der Waals surface area contributed by atoms with Gasteiger partial charge in [0.25, 0.3) is 0 Å². The normalized spacial score (nSPS) is 21.6. The van der Waals surface area contributed by atoms with Crippen molar-refractivity contribution in [1.29, 1.82) is 0 Å². The first-order chi connectivity index (χ1) is 6.84. The SMILES string of the molecule is Clc1ncc(COC[C@H]2CCNC2)s1. The minimum atomic E-state index is 0.589. The minimum absolute atomic E-state index is 0.589. The van der Waals surface area contributed by atoms with Gasteiger partial charge in [-0.05, 0) is 18.9 Å². The fourth-order valence-electron chi connectivity index (χ4n) is 1.53. The molecule has 1 fully saturated rings. The molecule has 1 saturated heterocycles. The molecule has 5 heteroatoms. The highest BCUT2D eigenvalue weighted by atomic mass is 35.5. The Bertz CT molecular complexity index is 286. The van der Waals surface area contributed by atoms with E-state index in [0.29, 0.717) is 17.0 Å². The monoisotopic (exact) mass is 232 g/mol. The first-order valence-corrected chi connectivity index (χ1v) is 5.92. The molecule has 0 amide bonds. The van der Waals surface area contributed by atoms with Gasteiger partial charge >= 0.3 is 0 Å². The van der Waals surface area contributed by atoms with Gasteiger partial charge in [0.05, 0.1) is 18.1 Å². The molecule has 0 radical (unpaired) electrons. The summed E-state index contributed by atoms with van der Waals surface area (Å²) in [5.74, 6) is 0.679. The summed E-state index contributed by atoms with van der Waals surface area (Å²) < 4.78 is 6.18. The summed E-state index contributed by atoms with van der Waals surface area (Å²) in [5.41, 5.74) is 0. The van der Waals surface area contributed by atoms with E-state index in [4.69, 9.17) is 16.3 Å². The molecule has 1 N–H and O–H groups in total. The largest absolute Gasteiger partial charge is 0.376 e. The highest BCUT2D eigenvalue weighted by Gasteiger charge is 2.14. The van der Waals surface area contributed by atoms with Gasteiger partial charge < -0.3 is 10.1 Å². The lowest BCUT2D eigenvalue weighted by Gasteiger charge is -2.07. The van der Waals surface area contributed by atoms with Crippen LogP contribution in [-0.4, -0.2) is 24.7 Å². The van der Waals surface area contributed by atoms with E-state index in [1.165, 1.54) is 17.8 Å². The van der Waals surface area contributed by atoms with Crippen molar-refractivity contribution in [2.45, 2.75) is 13.0 Å². The van der Waals surface area contributed by atoms with Gasteiger partial charge in [-0.2, -0.15) is 0 Å². The number of hydrogen-bond donors (Lipinski definition) is 1. The Labute approximate surface area is 92.4 Å². The molecular formula is C9H13ClN2OS. The third kappa shape index (κ3) is 2.92. The van der Waals surface area contributed by atoms with E-state index in [9.17, 15) is 0 Å². The van der Waals surface area contributed by atoms with Crippen LogP contribution in [0.25, 0.3) is 0 Å². The fraction of sp³-hybridized carbons (Fsp3) is 0.667. The Balaban J connectivity index is 1.67. The maximum absolute atomic E-state index is 5.71. The molecule has 0 saturated carbocycles. The van der Waals surface area contributed by atoms with Crippen LogP contribution in [0, 0.1) is 5.92 Å². The second kappa shape index (κ2) is 5.07. The maximum Gasteiger partial charge on any atom is 0.183 e. The lowest BCUT2D eigenvalue weighted by molar-refractivity contribution is 0.0942. The van der Waals surface area contributed by atoms with Crippen molar-refractivity contribution in [3.63, 3.8) is 0 Å². The lowest BCUT2D eigenvalue weighted by atomic mass is 10.1. The highest BCUT2D eigenvalue weighted by Crippen LogP contribution is 2.19. The molecule has 78 valence electrons. The maximum atomic E-state index is 5.71. The number of nitrogens with zero attached hydrogens (tertiary/aromatic N) is 1. The Morgan fingerprint density at radius 3 is 3.29 bits per heavy atom. The minimum Gasteiger partial charge on any atom is -0.376 e. The van der Waals surface area contributed by atoms with Gasteiger partial charge in [0.15, 0.2) is 4.47 Å². The quantitative estimate of drug-likeness (QED) is 0.862. The second-order valence-electron chi connectivity index (χ2n) is 3.45. The molecule has 1 aromatic heterocycles. The van der Waals surface area contributed by atoms with E-state index in [-0.39, 0.29) is 0 Å². The van der Waals surface area contributed by atoms with E-state index in [1.807, 2.05) is 0 Å². The lowest BCUT2D eigenvalue weighted by Crippen LogP contribution is -2.13. The van der Waals surface area contributed by atoms with Crippen molar-refractivity contribution in [3.05, 3.63) is 15.5 Å². The van der Waals surface area contributed by atoms with Crippen LogP contribution in [0.5, 0.6) is 0 Å². The van der Waals surface area contributed by atoms with Gasteiger partial charge in [0, 0.05) is 12.7 Å². The summed E-state index contributed by atoms with van der Waals surface area (Å²) >= 11 is 7.19. The number of rotatable bonds is 4. The van der Waals surface area contributed by atoms with Crippen LogP contribution >= 0.6 is 22.9 Å². The number of nitrogens with one attached hydrogen (secondary N) is 1. The third-order valence-corrected chi connectivity index (χ3v) is 3.37. The van der Waals surface area contributed by atoms with E-state index in [1.54, 1.807) is 6.20 Å². The predicted octanol–water partition coefficient (Wildman–Crippen LogP) is 1.92. The van der Waals surface area contributed by atoms with Gasteiger partial charge in [0.2, 0.25) is 0 Å². The van der Waals surface area contributed by atoms with Gasteiger partial charge in [-0.15, -0.1) is 11.3 Å². The molecule has 0 aliphatic carbocycles. The number of aromatic nitrogens is 1. The van der Waals surface area contributed by atoms with E-state index < -0.39 is 0 Å². The summed E-state index contributed by atoms with van der Waals surface area (Å²) in [6.07, 6.45) is 3.00. The van der Waals surface area contributed by atoms with Gasteiger partial charge in [-0.25, -0.2) is 4.98 Å². The summed E-state index contributed by atoms with van der Waals surface area (Å²) in [6, 6.07) is 0. The number of halogens is 1. The first kappa shape index (κ1) is 10.4. The van der Waals surface area contributed by atoms with Crippen LogP contribution in [0.3, 0.4) is 0 Å². The molecule has 14 heavy (non-hydrogen) atoms. The molecule has 2 heterocycles. The second-order valence-corrected chi connectivity index (χ2v) is 5.15. The molecule has 2 rings (SSSR count). The summed E-state index contributed by atoms with van der Waals surface area (Å²) in [6.45, 7) is 3.69. The van der Waals surface area contributed by atoms with Crippen molar-refractivity contribution in [3.8, 4) is 0 Å². The number of ether oxygens (including phenoxy) is 1. The standard InChI is InChI=1S/C9H13ClN2OS/c10-9-12-4-8(14-9)6-13-5-7-1-2-11-3-7/h4,7,11H,1-3,5-6H2/t7-/m0/s1. The van der Waals surface area contributed by atoms with Crippen molar-refractivity contribution >= 4 is 22.9 Å². The smallest absolute Gasteiger partial charge is 0.183 e. The van der Waals surface area contributed by atoms with Crippen LogP contribution in [-0.2, 0) is 11.3 Å². The number of hydrogen-bond acceptors (Lipinski definition) is 4. The Kier molecular flexibility index (Phi) is 3.75. The highest BCUT2D eigenvalue weighted by molar-refractivity contribution is 7.15. The number of thiazole rings is 1. The molecular weight excluding hydrogens is 220 g/mol. The molecule has 1 aromatic rings. The van der Waals surface area contributed by atoms with Crippen molar-refractivity contribution in [1.82, 2.24) is 10.3 Å². The van der Waals surface area contributed by atoms with Crippen LogP contribution in [0.2, 0.25) is 4.47 Å². The molecule has 3 nitrogen and oxygen atoms in total. The molecule has 1 aliphatic heterocycles. The fourth-order valence-corrected chi connectivity index (χ4v) is 2.45. The first-order valence-electron chi connectivity index (χ1n) is 4.73. The van der Waals surface area contributed by atoms with Crippen LogP contribution in [0.4, 0.5) is 0 Å². The Morgan fingerprint density at radius 1 is 1.71 bits per heavy atom. The van der Waals surface area contributed by atoms with Gasteiger partial charge in [-0.1, -0.05) is 11.6 Å². The van der Waals surface area contributed by atoms with Crippen LogP contribution in [0.1, 0.15) is 11.3 Å². The average molecular weight is 233 g/mol. The van der Waals surface area contributed by atoms with Crippen LogP contribution < -0.4 is 5.32 Å². The molecule has 0 bridgehead atoms. The predicted molar refractivity (Wildman–Crippen MR) is 57.8 cm³/mol. The van der Waals surface area contributed by atoms with Crippen molar-refractivity contribution in [2.75, 3.05) is 19.7 Å². The zero-order valence-corrected chi connectivity index (χ0v) is 9.40.